The zero-order valence-electron chi connectivity index (χ0n) is 14.5. The fourth-order valence-electron chi connectivity index (χ4n) is 2.56. The van der Waals surface area contributed by atoms with Crippen LogP contribution in [0.4, 0.5) is 10.1 Å². The molecule has 3 nitrogen and oxygen atoms in total. The monoisotopic (exact) mass is 399 g/mol. The van der Waals surface area contributed by atoms with Crippen molar-refractivity contribution in [2.24, 2.45) is 0 Å². The van der Waals surface area contributed by atoms with Gasteiger partial charge in [-0.15, -0.1) is 0 Å². The van der Waals surface area contributed by atoms with E-state index in [2.05, 4.69) is 5.32 Å². The highest BCUT2D eigenvalue weighted by atomic mass is 35.5. The van der Waals surface area contributed by atoms with Crippen molar-refractivity contribution >= 4 is 46.0 Å². The lowest BCUT2D eigenvalue weighted by Crippen LogP contribution is -2.38. The molecule has 0 fully saturated rings. The molecule has 0 saturated heterocycles. The number of aliphatic hydroxyl groups excluding tert-OH is 1. The molecule has 0 aliphatic heterocycles. The van der Waals surface area contributed by atoms with E-state index in [1.807, 2.05) is 37.3 Å². The van der Waals surface area contributed by atoms with Crippen molar-refractivity contribution in [2.75, 3.05) is 5.32 Å². The van der Waals surface area contributed by atoms with E-state index in [1.54, 1.807) is 23.0 Å². The van der Waals surface area contributed by atoms with Crippen LogP contribution in [-0.4, -0.2) is 10.1 Å². The second-order valence-electron chi connectivity index (χ2n) is 5.85. The Morgan fingerprint density at radius 2 is 1.70 bits per heavy atom. The van der Waals surface area contributed by atoms with Gasteiger partial charge in [-0.25, -0.2) is 4.39 Å². The van der Waals surface area contributed by atoms with Crippen molar-refractivity contribution in [1.29, 1.82) is 0 Å². The van der Waals surface area contributed by atoms with Gasteiger partial charge in [0.25, 0.3) is 5.70 Å². The van der Waals surface area contributed by atoms with Crippen molar-refractivity contribution in [3.8, 4) is 0 Å². The van der Waals surface area contributed by atoms with Crippen LogP contribution in [0.1, 0.15) is 11.1 Å². The summed E-state index contributed by atoms with van der Waals surface area (Å²) in [7, 11) is 0. The molecule has 0 saturated carbocycles. The smallest absolute Gasteiger partial charge is 0.288 e. The van der Waals surface area contributed by atoms with E-state index in [9.17, 15) is 9.50 Å². The quantitative estimate of drug-likeness (QED) is 0.267. The number of nitrogens with zero attached hydrogens (tertiary/aromatic N) is 1. The summed E-state index contributed by atoms with van der Waals surface area (Å²) in [5.74, 6) is -0.445. The van der Waals surface area contributed by atoms with Gasteiger partial charge < -0.3 is 10.4 Å². The van der Waals surface area contributed by atoms with Gasteiger partial charge in [0, 0.05) is 28.4 Å². The predicted molar refractivity (Wildman–Crippen MR) is 111 cm³/mol. The lowest BCUT2D eigenvalue weighted by molar-refractivity contribution is -0.575. The highest BCUT2D eigenvalue weighted by Crippen LogP contribution is 2.25. The third kappa shape index (κ3) is 4.32. The Balaban J connectivity index is 2.07. The van der Waals surface area contributed by atoms with Gasteiger partial charge in [0.1, 0.15) is 5.82 Å². The predicted octanol–water partition coefficient (Wildman–Crippen LogP) is 5.40. The number of nitrogens with one attached hydrogen (secondary N) is 1. The Morgan fingerprint density at radius 3 is 2.37 bits per heavy atom. The summed E-state index contributed by atoms with van der Waals surface area (Å²) in [5.41, 5.74) is 2.42. The Bertz CT molecular complexity index is 1000. The van der Waals surface area contributed by atoms with Crippen LogP contribution in [0.3, 0.4) is 0 Å². The van der Waals surface area contributed by atoms with Crippen molar-refractivity contribution < 1.29 is 14.1 Å². The molecule has 2 aromatic carbocycles. The van der Waals surface area contributed by atoms with Crippen LogP contribution in [0.5, 0.6) is 0 Å². The Kier molecular flexibility index (Phi) is 5.84. The summed E-state index contributed by atoms with van der Waals surface area (Å²) in [4.78, 5) is 0.304. The first-order valence-corrected chi connectivity index (χ1v) is 8.98. The Labute approximate surface area is 167 Å². The van der Waals surface area contributed by atoms with Crippen LogP contribution >= 0.6 is 23.8 Å². The molecule has 3 rings (SSSR count). The zero-order chi connectivity index (χ0) is 19.4. The van der Waals surface area contributed by atoms with Gasteiger partial charge in [-0.1, -0.05) is 36.0 Å². The summed E-state index contributed by atoms with van der Waals surface area (Å²) in [6, 6.07) is 16.6. The number of aromatic nitrogens is 1. The second-order valence-corrected chi connectivity index (χ2v) is 6.67. The first-order valence-electron chi connectivity index (χ1n) is 8.19. The molecule has 27 heavy (non-hydrogen) atoms. The van der Waals surface area contributed by atoms with Crippen molar-refractivity contribution in [3.63, 3.8) is 0 Å². The van der Waals surface area contributed by atoms with Gasteiger partial charge in [-0.3, -0.25) is 0 Å². The number of halogens is 2. The van der Waals surface area contributed by atoms with E-state index in [1.165, 1.54) is 24.3 Å². The molecule has 136 valence electrons. The van der Waals surface area contributed by atoms with Gasteiger partial charge in [-0.2, -0.15) is 4.57 Å². The maximum atomic E-state index is 13.2. The lowest BCUT2D eigenvalue weighted by Gasteiger charge is -2.12. The average Bonchev–Trinajstić information content (AvgIpc) is 2.67. The molecule has 2 N–H and O–H groups in total. The summed E-state index contributed by atoms with van der Waals surface area (Å²) >= 11 is 11.8. The number of rotatable bonds is 4. The Morgan fingerprint density at radius 1 is 1.04 bits per heavy atom. The maximum Gasteiger partial charge on any atom is 0.288 e. The van der Waals surface area contributed by atoms with E-state index < -0.39 is 0 Å². The highest BCUT2D eigenvalue weighted by Gasteiger charge is 2.24. The van der Waals surface area contributed by atoms with Crippen molar-refractivity contribution in [2.45, 2.75) is 6.92 Å². The van der Waals surface area contributed by atoms with Gasteiger partial charge in [-0.05, 0) is 48.9 Å². The molecule has 0 bridgehead atoms. The third-order valence-corrected chi connectivity index (χ3v) is 4.75. The normalized spacial score (nSPS) is 11.7. The molecule has 1 heterocycles. The highest BCUT2D eigenvalue weighted by molar-refractivity contribution is 7.81. The number of hydrogen-bond acceptors (Lipinski definition) is 2. The average molecular weight is 400 g/mol. The molecule has 0 radical (unpaired) electrons. The minimum atomic E-state index is -0.379. The number of anilines is 1. The fourth-order valence-corrected chi connectivity index (χ4v) is 3.05. The third-order valence-electron chi connectivity index (χ3n) is 4.05. The largest absolute Gasteiger partial charge is 0.502 e. The van der Waals surface area contributed by atoms with Crippen LogP contribution in [0.2, 0.25) is 5.02 Å². The SMILES string of the molecule is Cc1c(Cl)cccc1NC(=S)/C(=C(\O)c1ccc(F)cc1)[n+]1ccccc1. The van der Waals surface area contributed by atoms with E-state index in [0.717, 1.165) is 11.3 Å². The molecule has 3 aromatic rings. The summed E-state index contributed by atoms with van der Waals surface area (Å²) in [6.45, 7) is 1.88. The van der Waals surface area contributed by atoms with Crippen LogP contribution in [0.15, 0.2) is 73.1 Å². The van der Waals surface area contributed by atoms with E-state index >= 15 is 0 Å². The van der Waals surface area contributed by atoms with Crippen LogP contribution in [0, 0.1) is 12.7 Å². The maximum absolute atomic E-state index is 13.2. The second kappa shape index (κ2) is 8.29. The Hall–Kier alpha value is -2.76. The van der Waals surface area contributed by atoms with Crippen molar-refractivity contribution in [1.82, 2.24) is 0 Å². The van der Waals surface area contributed by atoms with Crippen molar-refractivity contribution in [3.05, 3.63) is 95.0 Å². The number of hydrogen-bond donors (Lipinski definition) is 2. The van der Waals surface area contributed by atoms with E-state index in [0.29, 0.717) is 21.3 Å². The van der Waals surface area contributed by atoms with Gasteiger partial charge >= 0.3 is 0 Å². The number of pyridine rings is 1. The molecule has 0 atom stereocenters. The lowest BCUT2D eigenvalue weighted by atomic mass is 10.1. The number of aliphatic hydroxyl groups is 1. The van der Waals surface area contributed by atoms with Gasteiger partial charge in [0.15, 0.2) is 23.1 Å². The molecule has 1 aromatic heterocycles. The molecular weight excluding hydrogens is 383 g/mol. The fraction of sp³-hybridized carbons (Fsp3) is 0.0476. The summed E-state index contributed by atoms with van der Waals surface area (Å²) in [5, 5.41) is 14.6. The topological polar surface area (TPSA) is 36.1 Å². The van der Waals surface area contributed by atoms with Crippen LogP contribution in [-0.2, 0) is 0 Å². The molecule has 0 amide bonds. The minimum absolute atomic E-state index is 0.0663. The number of benzene rings is 2. The molecule has 0 aliphatic rings. The molecular formula is C21H17ClFN2OS+. The van der Waals surface area contributed by atoms with Crippen LogP contribution in [0.25, 0.3) is 11.5 Å². The van der Waals surface area contributed by atoms with E-state index in [4.69, 9.17) is 23.8 Å². The molecule has 0 unspecified atom stereocenters. The minimum Gasteiger partial charge on any atom is -0.502 e. The summed E-state index contributed by atoms with van der Waals surface area (Å²) in [6.07, 6.45) is 3.54. The zero-order valence-corrected chi connectivity index (χ0v) is 16.1. The first kappa shape index (κ1) is 19.0. The molecule has 0 spiro atoms. The first-order chi connectivity index (χ1) is 13.0. The summed E-state index contributed by atoms with van der Waals surface area (Å²) < 4.78 is 15.0. The molecule has 0 aliphatic carbocycles. The standard InChI is InChI=1S/C21H16ClFN2OS/c1-14-17(22)6-5-7-18(14)24-21(27)19(25-12-3-2-4-13-25)20(26)15-8-10-16(23)11-9-15/h2-13H,1H3,(H-,24,26,27)/p+1. The molecule has 6 heteroatoms. The van der Waals surface area contributed by atoms with Crippen LogP contribution < -0.4 is 9.88 Å². The van der Waals surface area contributed by atoms with Gasteiger partial charge in [0.2, 0.25) is 0 Å². The van der Waals surface area contributed by atoms with E-state index in [-0.39, 0.29) is 11.6 Å². The van der Waals surface area contributed by atoms with Gasteiger partial charge in [0.05, 0.1) is 0 Å². The number of thiocarbonyl (C=S) groups is 1.